The minimum Gasteiger partial charge on any atom is -0.271 e. The molecule has 1 aromatic carbocycles. The van der Waals surface area contributed by atoms with Crippen LogP contribution < -0.4 is 0 Å². The summed E-state index contributed by atoms with van der Waals surface area (Å²) < 4.78 is 36.5. The Morgan fingerprint density at radius 1 is 1.21 bits per heavy atom. The van der Waals surface area contributed by atoms with E-state index in [9.17, 15) is 18.0 Å². The highest BCUT2D eigenvalue weighted by Gasteiger charge is 2.29. The number of thioether (sulfide) groups is 1. The van der Waals surface area contributed by atoms with E-state index in [-0.39, 0.29) is 22.6 Å². The molecule has 0 aromatic heterocycles. The molecular formula is C12H12F3NO2S. The van der Waals surface area contributed by atoms with E-state index in [1.165, 1.54) is 29.3 Å². The van der Waals surface area contributed by atoms with Gasteiger partial charge < -0.3 is 0 Å². The molecule has 1 heterocycles. The third-order valence-electron chi connectivity index (χ3n) is 2.56. The fraction of sp³-hybridized carbons (Fsp3) is 0.417. The summed E-state index contributed by atoms with van der Waals surface area (Å²) in [5, 5.41) is 1.26. The molecule has 0 saturated carbocycles. The molecule has 1 aliphatic heterocycles. The Morgan fingerprint density at radius 3 is 2.42 bits per heavy atom. The number of carbonyl (C=O) groups is 1. The number of hydroxylamine groups is 2. The van der Waals surface area contributed by atoms with E-state index in [0.717, 1.165) is 12.8 Å². The van der Waals surface area contributed by atoms with Gasteiger partial charge in [0.05, 0.1) is 6.61 Å². The summed E-state index contributed by atoms with van der Waals surface area (Å²) in [6.45, 7) is 1.01. The van der Waals surface area contributed by atoms with E-state index in [0.29, 0.717) is 18.7 Å². The molecule has 2 rings (SSSR count). The van der Waals surface area contributed by atoms with Crippen LogP contribution in [0.2, 0.25) is 0 Å². The third-order valence-corrected chi connectivity index (χ3v) is 3.30. The van der Waals surface area contributed by atoms with Crippen LogP contribution in [0.5, 0.6) is 0 Å². The summed E-state index contributed by atoms with van der Waals surface area (Å²) in [6, 6.07) is 5.34. The molecule has 7 heteroatoms. The minimum atomic E-state index is -4.32. The van der Waals surface area contributed by atoms with Gasteiger partial charge in [-0.1, -0.05) is 0 Å². The van der Waals surface area contributed by atoms with Gasteiger partial charge >= 0.3 is 5.51 Å². The van der Waals surface area contributed by atoms with Gasteiger partial charge in [-0.15, -0.1) is 0 Å². The second-order valence-electron chi connectivity index (χ2n) is 4.02. The van der Waals surface area contributed by atoms with Crippen molar-refractivity contribution in [3.8, 4) is 0 Å². The van der Waals surface area contributed by atoms with Crippen molar-refractivity contribution in [3.63, 3.8) is 0 Å². The minimum absolute atomic E-state index is 0.0589. The van der Waals surface area contributed by atoms with Crippen molar-refractivity contribution in [1.29, 1.82) is 0 Å². The lowest BCUT2D eigenvalue weighted by Crippen LogP contribution is -2.35. The lowest BCUT2D eigenvalue weighted by atomic mass is 10.2. The maximum absolute atomic E-state index is 12.2. The topological polar surface area (TPSA) is 29.5 Å². The lowest BCUT2D eigenvalue weighted by Gasteiger charge is -2.25. The quantitative estimate of drug-likeness (QED) is 0.781. The van der Waals surface area contributed by atoms with E-state index >= 15 is 0 Å². The van der Waals surface area contributed by atoms with Crippen molar-refractivity contribution in [1.82, 2.24) is 5.06 Å². The van der Waals surface area contributed by atoms with Gasteiger partial charge in [-0.2, -0.15) is 13.2 Å². The van der Waals surface area contributed by atoms with Crippen LogP contribution in [0, 0.1) is 0 Å². The zero-order valence-electron chi connectivity index (χ0n) is 9.94. The average Bonchev–Trinajstić information content (AvgIpc) is 2.38. The van der Waals surface area contributed by atoms with Crippen LogP contribution in [0.25, 0.3) is 0 Å². The maximum atomic E-state index is 12.2. The van der Waals surface area contributed by atoms with Gasteiger partial charge in [0.2, 0.25) is 0 Å². The van der Waals surface area contributed by atoms with E-state index in [4.69, 9.17) is 4.84 Å². The highest BCUT2D eigenvalue weighted by atomic mass is 32.2. The van der Waals surface area contributed by atoms with Gasteiger partial charge in [0.15, 0.2) is 0 Å². The number of amides is 1. The van der Waals surface area contributed by atoms with Gasteiger partial charge in [-0.3, -0.25) is 9.63 Å². The van der Waals surface area contributed by atoms with E-state index in [2.05, 4.69) is 0 Å². The zero-order valence-corrected chi connectivity index (χ0v) is 10.8. The maximum Gasteiger partial charge on any atom is 0.446 e. The van der Waals surface area contributed by atoms with Gasteiger partial charge in [0.1, 0.15) is 0 Å². The number of benzene rings is 1. The molecule has 3 nitrogen and oxygen atoms in total. The smallest absolute Gasteiger partial charge is 0.271 e. The van der Waals surface area contributed by atoms with Crippen LogP contribution in [0.1, 0.15) is 23.2 Å². The van der Waals surface area contributed by atoms with Crippen molar-refractivity contribution < 1.29 is 22.8 Å². The fourth-order valence-corrected chi connectivity index (χ4v) is 2.24. The predicted octanol–water partition coefficient (Wildman–Crippen LogP) is 3.47. The van der Waals surface area contributed by atoms with Crippen LogP contribution in [0.3, 0.4) is 0 Å². The molecule has 0 atom stereocenters. The monoisotopic (exact) mass is 291 g/mol. The SMILES string of the molecule is O=C(c1ccc(SC(F)(F)F)cc1)N1CCCCO1. The number of alkyl halides is 3. The standard InChI is InChI=1S/C12H12F3NO2S/c13-12(14,15)19-10-5-3-9(4-6-10)11(17)16-7-1-2-8-18-16/h3-6H,1-2,7-8H2. The van der Waals surface area contributed by atoms with Crippen molar-refractivity contribution >= 4 is 17.7 Å². The molecule has 0 aliphatic carbocycles. The summed E-state index contributed by atoms with van der Waals surface area (Å²) in [7, 11) is 0. The Hall–Kier alpha value is -1.21. The highest BCUT2D eigenvalue weighted by Crippen LogP contribution is 2.36. The Balaban J connectivity index is 2.03. The Bertz CT molecular complexity index is 441. The summed E-state index contributed by atoms with van der Waals surface area (Å²) in [4.78, 5) is 17.2. The average molecular weight is 291 g/mol. The molecule has 0 bridgehead atoms. The van der Waals surface area contributed by atoms with Gasteiger partial charge in [0.25, 0.3) is 5.91 Å². The first-order chi connectivity index (χ1) is 8.96. The summed E-state index contributed by atoms with van der Waals surface area (Å²) in [6.07, 6.45) is 1.78. The van der Waals surface area contributed by atoms with Crippen molar-refractivity contribution in [2.45, 2.75) is 23.2 Å². The second kappa shape index (κ2) is 5.83. The van der Waals surface area contributed by atoms with E-state index in [1.54, 1.807) is 0 Å². The summed E-state index contributed by atoms with van der Waals surface area (Å²) >= 11 is -0.199. The molecule has 0 N–H and O–H groups in total. The van der Waals surface area contributed by atoms with Crippen LogP contribution in [-0.4, -0.2) is 29.6 Å². The van der Waals surface area contributed by atoms with Crippen molar-refractivity contribution in [2.24, 2.45) is 0 Å². The molecule has 0 unspecified atom stereocenters. The number of nitrogens with zero attached hydrogens (tertiary/aromatic N) is 1. The largest absolute Gasteiger partial charge is 0.446 e. The summed E-state index contributed by atoms with van der Waals surface area (Å²) in [5.74, 6) is -0.316. The molecule has 0 radical (unpaired) electrons. The summed E-state index contributed by atoms with van der Waals surface area (Å²) in [5.41, 5.74) is -3.99. The van der Waals surface area contributed by atoms with Crippen LogP contribution in [-0.2, 0) is 4.84 Å². The fourth-order valence-electron chi connectivity index (χ4n) is 1.70. The predicted molar refractivity (Wildman–Crippen MR) is 64.6 cm³/mol. The number of hydrogen-bond donors (Lipinski definition) is 0. The molecule has 19 heavy (non-hydrogen) atoms. The normalized spacial score (nSPS) is 16.5. The number of hydrogen-bond acceptors (Lipinski definition) is 3. The Labute approximate surface area is 112 Å². The zero-order chi connectivity index (χ0) is 13.9. The molecule has 1 aliphatic rings. The molecule has 0 spiro atoms. The van der Waals surface area contributed by atoms with Crippen LogP contribution >= 0.6 is 11.8 Å². The van der Waals surface area contributed by atoms with Gasteiger partial charge in [0, 0.05) is 17.0 Å². The third kappa shape index (κ3) is 4.14. The van der Waals surface area contributed by atoms with Crippen LogP contribution in [0.15, 0.2) is 29.2 Å². The van der Waals surface area contributed by atoms with Gasteiger partial charge in [-0.05, 0) is 48.9 Å². The van der Waals surface area contributed by atoms with Crippen molar-refractivity contribution in [3.05, 3.63) is 29.8 Å². The lowest BCUT2D eigenvalue weighted by molar-refractivity contribution is -0.144. The Kier molecular flexibility index (Phi) is 4.36. The molecule has 1 fully saturated rings. The first-order valence-electron chi connectivity index (χ1n) is 5.76. The molecule has 104 valence electrons. The van der Waals surface area contributed by atoms with E-state index in [1.807, 2.05) is 0 Å². The number of carbonyl (C=O) groups excluding carboxylic acids is 1. The molecular weight excluding hydrogens is 279 g/mol. The number of rotatable bonds is 2. The highest BCUT2D eigenvalue weighted by molar-refractivity contribution is 8.00. The molecule has 1 aromatic rings. The van der Waals surface area contributed by atoms with Gasteiger partial charge in [-0.25, -0.2) is 5.06 Å². The molecule has 1 amide bonds. The number of halogens is 3. The molecule has 1 saturated heterocycles. The van der Waals surface area contributed by atoms with Crippen LogP contribution in [0.4, 0.5) is 13.2 Å². The van der Waals surface area contributed by atoms with Crippen molar-refractivity contribution in [2.75, 3.05) is 13.2 Å². The Morgan fingerprint density at radius 2 is 1.89 bits per heavy atom. The second-order valence-corrected chi connectivity index (χ2v) is 5.16. The first kappa shape index (κ1) is 14.2. The first-order valence-corrected chi connectivity index (χ1v) is 6.58. The van der Waals surface area contributed by atoms with E-state index < -0.39 is 5.51 Å².